The fourth-order valence-electron chi connectivity index (χ4n) is 1.28. The van der Waals surface area contributed by atoms with Gasteiger partial charge in [-0.05, 0) is 6.92 Å². The lowest BCUT2D eigenvalue weighted by Crippen LogP contribution is -2.36. The van der Waals surface area contributed by atoms with Crippen molar-refractivity contribution in [2.75, 3.05) is 19.7 Å². The molecule has 2 N–H and O–H groups in total. The van der Waals surface area contributed by atoms with E-state index < -0.39 is 0 Å². The number of hydrogen-bond acceptors (Lipinski definition) is 3. The molecule has 5 heteroatoms. The van der Waals surface area contributed by atoms with E-state index in [-0.39, 0.29) is 30.1 Å². The summed E-state index contributed by atoms with van der Waals surface area (Å²) in [5.41, 5.74) is -0.206. The predicted octanol–water partition coefficient (Wildman–Crippen LogP) is -0.171. The topological polar surface area (TPSA) is 73.4 Å². The lowest BCUT2D eigenvalue weighted by molar-refractivity contribution is 0.0730. The van der Waals surface area contributed by atoms with E-state index >= 15 is 0 Å². The summed E-state index contributed by atoms with van der Waals surface area (Å²) >= 11 is 0. The highest BCUT2D eigenvalue weighted by Crippen LogP contribution is 1.97. The Bertz CT molecular complexity index is 386. The summed E-state index contributed by atoms with van der Waals surface area (Å²) in [4.78, 5) is 27.3. The minimum atomic E-state index is -0.353. The van der Waals surface area contributed by atoms with Gasteiger partial charge in [-0.25, -0.2) is 0 Å². The number of rotatable bonds is 4. The second kappa shape index (κ2) is 5.31. The SMILES string of the molecule is CCN(CCO)C(=O)c1c[nH]ccc1=O. The number of H-pyrrole nitrogens is 1. The first-order chi connectivity index (χ1) is 7.20. The Kier molecular flexibility index (Phi) is 4.05. The molecule has 1 rings (SSSR count). The first kappa shape index (κ1) is 11.5. The van der Waals surface area contributed by atoms with Crippen molar-refractivity contribution in [3.8, 4) is 0 Å². The summed E-state index contributed by atoms with van der Waals surface area (Å²) in [6.07, 6.45) is 2.85. The van der Waals surface area contributed by atoms with E-state index in [1.165, 1.54) is 23.4 Å². The molecule has 0 atom stereocenters. The quantitative estimate of drug-likeness (QED) is 0.724. The highest BCUT2D eigenvalue weighted by molar-refractivity contribution is 5.93. The van der Waals surface area contributed by atoms with Crippen LogP contribution in [-0.4, -0.2) is 40.6 Å². The van der Waals surface area contributed by atoms with Gasteiger partial charge in [0.25, 0.3) is 5.91 Å². The number of likely N-dealkylation sites (N-methyl/N-ethyl adjacent to an activating group) is 1. The van der Waals surface area contributed by atoms with Gasteiger partial charge in [0.1, 0.15) is 5.56 Å². The van der Waals surface area contributed by atoms with Crippen molar-refractivity contribution in [3.63, 3.8) is 0 Å². The van der Waals surface area contributed by atoms with Crippen LogP contribution in [0.3, 0.4) is 0 Å². The highest BCUT2D eigenvalue weighted by atomic mass is 16.3. The van der Waals surface area contributed by atoms with Crippen molar-refractivity contribution >= 4 is 5.91 Å². The van der Waals surface area contributed by atoms with Crippen LogP contribution in [0.4, 0.5) is 0 Å². The van der Waals surface area contributed by atoms with Gasteiger partial charge < -0.3 is 15.0 Å². The third-order valence-electron chi connectivity index (χ3n) is 2.09. The summed E-state index contributed by atoms with van der Waals surface area (Å²) in [7, 11) is 0. The zero-order valence-electron chi connectivity index (χ0n) is 8.56. The Morgan fingerprint density at radius 2 is 2.33 bits per heavy atom. The third kappa shape index (κ3) is 2.66. The Balaban J connectivity index is 2.93. The molecule has 0 bridgehead atoms. The minimum absolute atomic E-state index is 0.104. The van der Waals surface area contributed by atoms with E-state index in [4.69, 9.17) is 5.11 Å². The van der Waals surface area contributed by atoms with Gasteiger partial charge in [0.05, 0.1) is 6.61 Å². The van der Waals surface area contributed by atoms with Crippen molar-refractivity contribution in [3.05, 3.63) is 34.2 Å². The van der Waals surface area contributed by atoms with Crippen molar-refractivity contribution in [2.45, 2.75) is 6.92 Å². The first-order valence-electron chi connectivity index (χ1n) is 4.78. The second-order valence-corrected chi connectivity index (χ2v) is 3.03. The predicted molar refractivity (Wildman–Crippen MR) is 55.7 cm³/mol. The van der Waals surface area contributed by atoms with Crippen molar-refractivity contribution < 1.29 is 9.90 Å². The smallest absolute Gasteiger partial charge is 0.259 e. The van der Waals surface area contributed by atoms with Crippen LogP contribution < -0.4 is 5.43 Å². The molecule has 0 aliphatic heterocycles. The largest absolute Gasteiger partial charge is 0.395 e. The number of pyridine rings is 1. The number of aliphatic hydroxyl groups is 1. The number of hydrogen-bond donors (Lipinski definition) is 2. The monoisotopic (exact) mass is 210 g/mol. The first-order valence-corrected chi connectivity index (χ1v) is 4.78. The van der Waals surface area contributed by atoms with E-state index in [1.807, 2.05) is 0 Å². The van der Waals surface area contributed by atoms with Crippen LogP contribution in [0.2, 0.25) is 0 Å². The molecular weight excluding hydrogens is 196 g/mol. The van der Waals surface area contributed by atoms with Gasteiger partial charge in [-0.15, -0.1) is 0 Å². The normalized spacial score (nSPS) is 10.0. The van der Waals surface area contributed by atoms with E-state index in [2.05, 4.69) is 4.98 Å². The van der Waals surface area contributed by atoms with Gasteiger partial charge in [-0.1, -0.05) is 0 Å². The Labute approximate surface area is 87.4 Å². The zero-order valence-corrected chi connectivity index (χ0v) is 8.56. The molecule has 0 saturated heterocycles. The third-order valence-corrected chi connectivity index (χ3v) is 2.09. The molecule has 0 radical (unpaired) electrons. The number of nitrogens with zero attached hydrogens (tertiary/aromatic N) is 1. The average molecular weight is 210 g/mol. The van der Waals surface area contributed by atoms with Crippen LogP contribution in [0.5, 0.6) is 0 Å². The fraction of sp³-hybridized carbons (Fsp3) is 0.400. The van der Waals surface area contributed by atoms with Crippen LogP contribution in [0.15, 0.2) is 23.3 Å². The lowest BCUT2D eigenvalue weighted by Gasteiger charge is -2.18. The van der Waals surface area contributed by atoms with Crippen LogP contribution in [-0.2, 0) is 0 Å². The maximum absolute atomic E-state index is 11.8. The average Bonchev–Trinajstić information content (AvgIpc) is 2.25. The van der Waals surface area contributed by atoms with E-state index in [1.54, 1.807) is 6.92 Å². The molecule has 1 heterocycles. The molecule has 0 fully saturated rings. The molecular formula is C10H14N2O3. The fourth-order valence-corrected chi connectivity index (χ4v) is 1.28. The van der Waals surface area contributed by atoms with Gasteiger partial charge in [0.15, 0.2) is 5.43 Å². The van der Waals surface area contributed by atoms with Crippen molar-refractivity contribution in [1.29, 1.82) is 0 Å². The molecule has 0 aromatic carbocycles. The Morgan fingerprint density at radius 3 is 2.87 bits per heavy atom. The Morgan fingerprint density at radius 1 is 1.60 bits per heavy atom. The molecule has 1 amide bonds. The lowest BCUT2D eigenvalue weighted by atomic mass is 10.2. The highest BCUT2D eigenvalue weighted by Gasteiger charge is 2.15. The van der Waals surface area contributed by atoms with Gasteiger partial charge >= 0.3 is 0 Å². The van der Waals surface area contributed by atoms with Gasteiger partial charge in [0.2, 0.25) is 0 Å². The van der Waals surface area contributed by atoms with Crippen molar-refractivity contribution in [2.24, 2.45) is 0 Å². The van der Waals surface area contributed by atoms with Gasteiger partial charge in [0, 0.05) is 31.5 Å². The summed E-state index contributed by atoms with van der Waals surface area (Å²) in [6, 6.07) is 1.31. The molecule has 0 spiro atoms. The second-order valence-electron chi connectivity index (χ2n) is 3.03. The summed E-state index contributed by atoms with van der Waals surface area (Å²) in [6.45, 7) is 2.40. The standard InChI is InChI=1S/C10H14N2O3/c1-2-12(5-6-13)10(15)8-7-11-4-3-9(8)14/h3-4,7,13H,2,5-6H2,1H3,(H,11,14). The number of aliphatic hydroxyl groups excluding tert-OH is 1. The van der Waals surface area contributed by atoms with Crippen LogP contribution >= 0.6 is 0 Å². The summed E-state index contributed by atoms with van der Waals surface area (Å²) in [5.74, 6) is -0.353. The number of carbonyl (C=O) groups excluding carboxylic acids is 1. The number of aromatic amines is 1. The molecule has 82 valence electrons. The maximum Gasteiger partial charge on any atom is 0.259 e. The molecule has 0 saturated carbocycles. The number of carbonyl (C=O) groups is 1. The molecule has 1 aromatic rings. The number of amides is 1. The van der Waals surface area contributed by atoms with Crippen LogP contribution in [0.25, 0.3) is 0 Å². The van der Waals surface area contributed by atoms with E-state index in [0.717, 1.165) is 0 Å². The van der Waals surface area contributed by atoms with Gasteiger partial charge in [-0.3, -0.25) is 9.59 Å². The molecule has 0 aliphatic rings. The maximum atomic E-state index is 11.8. The number of aromatic nitrogens is 1. The van der Waals surface area contributed by atoms with E-state index in [9.17, 15) is 9.59 Å². The van der Waals surface area contributed by atoms with Crippen LogP contribution in [0, 0.1) is 0 Å². The van der Waals surface area contributed by atoms with Crippen molar-refractivity contribution in [1.82, 2.24) is 9.88 Å². The minimum Gasteiger partial charge on any atom is -0.395 e. The molecule has 5 nitrogen and oxygen atoms in total. The molecule has 0 aliphatic carbocycles. The van der Waals surface area contributed by atoms with Crippen LogP contribution in [0.1, 0.15) is 17.3 Å². The molecule has 1 aromatic heterocycles. The molecule has 15 heavy (non-hydrogen) atoms. The number of nitrogens with one attached hydrogen (secondary N) is 1. The summed E-state index contributed by atoms with van der Waals surface area (Å²) in [5, 5.41) is 8.75. The van der Waals surface area contributed by atoms with Gasteiger partial charge in [-0.2, -0.15) is 0 Å². The molecule has 0 unspecified atom stereocenters. The zero-order chi connectivity index (χ0) is 11.3. The van der Waals surface area contributed by atoms with E-state index in [0.29, 0.717) is 6.54 Å². The Hall–Kier alpha value is -1.62. The summed E-state index contributed by atoms with van der Waals surface area (Å²) < 4.78 is 0.